The molecule has 3 N–H and O–H groups in total. The van der Waals surface area contributed by atoms with Crippen LogP contribution in [0.5, 0.6) is 0 Å². The van der Waals surface area contributed by atoms with Crippen LogP contribution < -0.4 is 10.5 Å². The molecule has 98 valence electrons. The molecule has 0 radical (unpaired) electrons. The predicted molar refractivity (Wildman–Crippen MR) is 67.0 cm³/mol. The van der Waals surface area contributed by atoms with Crippen LogP contribution in [0.1, 0.15) is 12.8 Å². The second-order valence-electron chi connectivity index (χ2n) is 4.14. The van der Waals surface area contributed by atoms with Gasteiger partial charge in [0, 0.05) is 18.7 Å². The molecule has 7 heteroatoms. The Morgan fingerprint density at radius 3 is 2.78 bits per heavy atom. The van der Waals surface area contributed by atoms with E-state index in [4.69, 9.17) is 5.73 Å². The van der Waals surface area contributed by atoms with Crippen molar-refractivity contribution in [2.45, 2.75) is 17.7 Å². The molecule has 2 rings (SSSR count). The number of amides is 1. The maximum absolute atomic E-state index is 11.9. The van der Waals surface area contributed by atoms with Crippen LogP contribution in [0, 0.1) is 0 Å². The lowest BCUT2D eigenvalue weighted by Crippen LogP contribution is -2.38. The van der Waals surface area contributed by atoms with Crippen molar-refractivity contribution in [3.05, 3.63) is 24.3 Å². The zero-order valence-corrected chi connectivity index (χ0v) is 10.6. The molecule has 0 aliphatic carbocycles. The van der Waals surface area contributed by atoms with E-state index in [1.807, 2.05) is 0 Å². The van der Waals surface area contributed by atoms with Gasteiger partial charge < -0.3 is 10.6 Å². The van der Waals surface area contributed by atoms with E-state index in [0.717, 1.165) is 6.42 Å². The largest absolute Gasteiger partial charge is 0.399 e. The first-order valence-electron chi connectivity index (χ1n) is 5.62. The van der Waals surface area contributed by atoms with Gasteiger partial charge in [-0.15, -0.1) is 0 Å². The lowest BCUT2D eigenvalue weighted by atomic mass is 10.3. The quantitative estimate of drug-likeness (QED) is 0.760. The maximum atomic E-state index is 11.9. The van der Waals surface area contributed by atoms with Crippen molar-refractivity contribution in [3.8, 4) is 0 Å². The minimum Gasteiger partial charge on any atom is -0.399 e. The van der Waals surface area contributed by atoms with Crippen molar-refractivity contribution in [2.24, 2.45) is 0 Å². The molecule has 18 heavy (non-hydrogen) atoms. The molecule has 0 bridgehead atoms. The molecule has 0 aromatic heterocycles. The molecule has 1 amide bonds. The van der Waals surface area contributed by atoms with Crippen molar-refractivity contribution >= 4 is 21.6 Å². The van der Waals surface area contributed by atoms with Crippen LogP contribution in [0.25, 0.3) is 0 Å². The van der Waals surface area contributed by atoms with Crippen LogP contribution in [-0.2, 0) is 14.8 Å². The Bertz CT molecular complexity index is 556. The molecule has 0 unspecified atom stereocenters. The van der Waals surface area contributed by atoms with E-state index in [9.17, 15) is 13.2 Å². The van der Waals surface area contributed by atoms with Gasteiger partial charge in [-0.05, 0) is 24.6 Å². The Morgan fingerprint density at radius 2 is 2.17 bits per heavy atom. The van der Waals surface area contributed by atoms with Crippen molar-refractivity contribution in [1.82, 2.24) is 9.62 Å². The van der Waals surface area contributed by atoms with Gasteiger partial charge in [0.05, 0.1) is 11.6 Å². The van der Waals surface area contributed by atoms with Crippen LogP contribution in [-0.4, -0.2) is 32.4 Å². The zero-order valence-electron chi connectivity index (χ0n) is 9.80. The molecule has 1 saturated heterocycles. The summed E-state index contributed by atoms with van der Waals surface area (Å²) in [4.78, 5) is 12.9. The molecule has 0 saturated carbocycles. The molecule has 0 atom stereocenters. The first kappa shape index (κ1) is 12.8. The van der Waals surface area contributed by atoms with Gasteiger partial charge in [0.15, 0.2) is 0 Å². The number of sulfonamides is 1. The van der Waals surface area contributed by atoms with E-state index in [1.165, 1.54) is 17.0 Å². The highest BCUT2D eigenvalue weighted by Crippen LogP contribution is 2.13. The van der Waals surface area contributed by atoms with Crippen LogP contribution in [0.4, 0.5) is 5.69 Å². The molecule has 1 heterocycles. The maximum Gasteiger partial charge on any atom is 0.242 e. The molecular weight excluding hydrogens is 254 g/mol. The fourth-order valence-electron chi connectivity index (χ4n) is 1.80. The van der Waals surface area contributed by atoms with Crippen molar-refractivity contribution in [1.29, 1.82) is 0 Å². The van der Waals surface area contributed by atoms with E-state index < -0.39 is 10.0 Å². The van der Waals surface area contributed by atoms with Crippen LogP contribution >= 0.6 is 0 Å². The predicted octanol–water partition coefficient (Wildman–Crippen LogP) is 0.127. The number of likely N-dealkylation sites (tertiary alicyclic amines) is 1. The minimum absolute atomic E-state index is 0.00989. The van der Waals surface area contributed by atoms with E-state index in [-0.39, 0.29) is 17.5 Å². The summed E-state index contributed by atoms with van der Waals surface area (Å²) in [6.07, 6.45) is 1.26. The number of hydrogen-bond donors (Lipinski definition) is 2. The summed E-state index contributed by atoms with van der Waals surface area (Å²) in [5.41, 5.74) is 5.92. The number of nitrogens with two attached hydrogens (primary N) is 1. The normalized spacial score (nSPS) is 16.2. The molecule has 1 aliphatic rings. The van der Waals surface area contributed by atoms with E-state index >= 15 is 0 Å². The molecule has 6 nitrogen and oxygen atoms in total. The van der Waals surface area contributed by atoms with Gasteiger partial charge in [0.25, 0.3) is 0 Å². The highest BCUT2D eigenvalue weighted by Gasteiger charge is 2.22. The lowest BCUT2D eigenvalue weighted by molar-refractivity contribution is -0.127. The Labute approximate surface area is 106 Å². The van der Waals surface area contributed by atoms with E-state index in [2.05, 4.69) is 4.72 Å². The number of nitrogens with zero attached hydrogens (tertiary/aromatic N) is 1. The third-order valence-electron chi connectivity index (χ3n) is 2.79. The fraction of sp³-hybridized carbons (Fsp3) is 0.364. The van der Waals surface area contributed by atoms with Gasteiger partial charge in [-0.2, -0.15) is 4.72 Å². The standard InChI is InChI=1S/C11H15N3O3S/c12-9-3-1-4-10(7-9)18(16,17)13-8-14-6-2-5-11(14)15/h1,3-4,7,13H,2,5-6,8,12H2. The smallest absolute Gasteiger partial charge is 0.242 e. The lowest BCUT2D eigenvalue weighted by Gasteiger charge is -2.16. The Kier molecular flexibility index (Phi) is 3.53. The molecule has 0 spiro atoms. The minimum atomic E-state index is -3.62. The first-order valence-corrected chi connectivity index (χ1v) is 7.10. The summed E-state index contributed by atoms with van der Waals surface area (Å²) in [5, 5.41) is 0. The van der Waals surface area contributed by atoms with Crippen LogP contribution in [0.3, 0.4) is 0 Å². The van der Waals surface area contributed by atoms with Crippen molar-refractivity contribution in [3.63, 3.8) is 0 Å². The number of carbonyl (C=O) groups excluding carboxylic acids is 1. The van der Waals surface area contributed by atoms with Crippen molar-refractivity contribution in [2.75, 3.05) is 18.9 Å². The van der Waals surface area contributed by atoms with E-state index in [1.54, 1.807) is 12.1 Å². The van der Waals surface area contributed by atoms with Gasteiger partial charge in [0.1, 0.15) is 0 Å². The Morgan fingerprint density at radius 1 is 1.39 bits per heavy atom. The number of nitrogens with one attached hydrogen (secondary N) is 1. The molecule has 1 aromatic carbocycles. The summed E-state index contributed by atoms with van der Waals surface area (Å²) >= 11 is 0. The van der Waals surface area contributed by atoms with Crippen molar-refractivity contribution < 1.29 is 13.2 Å². The van der Waals surface area contributed by atoms with E-state index in [0.29, 0.717) is 18.7 Å². The molecular formula is C11H15N3O3S. The average molecular weight is 269 g/mol. The number of rotatable bonds is 4. The summed E-state index contributed by atoms with van der Waals surface area (Å²) in [5.74, 6) is -0.0229. The highest BCUT2D eigenvalue weighted by molar-refractivity contribution is 7.89. The molecule has 1 fully saturated rings. The summed E-state index contributed by atoms with van der Waals surface area (Å²) in [6.45, 7) is 0.605. The van der Waals surface area contributed by atoms with Gasteiger partial charge in [0.2, 0.25) is 15.9 Å². The second kappa shape index (κ2) is 4.95. The fourth-order valence-corrected chi connectivity index (χ4v) is 2.84. The van der Waals surface area contributed by atoms with Gasteiger partial charge >= 0.3 is 0 Å². The molecule has 1 aliphatic heterocycles. The second-order valence-corrected chi connectivity index (χ2v) is 5.91. The third kappa shape index (κ3) is 2.80. The average Bonchev–Trinajstić information content (AvgIpc) is 2.72. The Hall–Kier alpha value is -1.60. The monoisotopic (exact) mass is 269 g/mol. The van der Waals surface area contributed by atoms with Gasteiger partial charge in [-0.3, -0.25) is 4.79 Å². The summed E-state index contributed by atoms with van der Waals surface area (Å²) in [7, 11) is -3.62. The number of carbonyl (C=O) groups is 1. The number of nitrogen functional groups attached to an aromatic ring is 1. The number of hydrogen-bond acceptors (Lipinski definition) is 4. The first-order chi connectivity index (χ1) is 8.49. The highest BCUT2D eigenvalue weighted by atomic mass is 32.2. The Balaban J connectivity index is 2.06. The topological polar surface area (TPSA) is 92.5 Å². The SMILES string of the molecule is Nc1cccc(S(=O)(=O)NCN2CCCC2=O)c1. The van der Waals surface area contributed by atoms with Gasteiger partial charge in [-0.1, -0.05) is 6.07 Å². The molecule has 1 aromatic rings. The number of benzene rings is 1. The van der Waals surface area contributed by atoms with Gasteiger partial charge in [-0.25, -0.2) is 8.42 Å². The summed E-state index contributed by atoms with van der Waals surface area (Å²) < 4.78 is 26.3. The third-order valence-corrected chi connectivity index (χ3v) is 4.17. The summed E-state index contributed by atoms with van der Waals surface area (Å²) in [6, 6.07) is 6.03. The van der Waals surface area contributed by atoms with Crippen LogP contribution in [0.2, 0.25) is 0 Å². The number of anilines is 1. The van der Waals surface area contributed by atoms with Crippen LogP contribution in [0.15, 0.2) is 29.2 Å². The zero-order chi connectivity index (χ0) is 13.2.